The molecule has 2 aromatic heterocycles. The number of nitrogens with zero attached hydrogens (tertiary/aromatic N) is 4. The van der Waals surface area contributed by atoms with Crippen LogP contribution in [0, 0.1) is 0 Å². The molecule has 0 aliphatic heterocycles. The van der Waals surface area contributed by atoms with Gasteiger partial charge in [-0.3, -0.25) is 9.79 Å². The molecule has 2 aromatic rings. The van der Waals surface area contributed by atoms with Crippen molar-refractivity contribution in [1.29, 1.82) is 0 Å². The van der Waals surface area contributed by atoms with Crippen LogP contribution in [0.4, 0.5) is 5.69 Å². The highest BCUT2D eigenvalue weighted by molar-refractivity contribution is 9.11. The molecule has 2 rings (SSSR count). The smallest absolute Gasteiger partial charge is 0.160 e. The van der Waals surface area contributed by atoms with Crippen LogP contribution in [0.2, 0.25) is 0 Å². The number of allylic oxidation sites excluding steroid dienone is 3. The van der Waals surface area contributed by atoms with Crippen molar-refractivity contribution in [1.82, 2.24) is 9.88 Å². The lowest BCUT2D eigenvalue weighted by atomic mass is 10.2. The van der Waals surface area contributed by atoms with Crippen molar-refractivity contribution in [2.24, 2.45) is 4.99 Å². The normalized spacial score (nSPS) is 10.2. The number of hydrogen-bond donors (Lipinski definition) is 0. The highest BCUT2D eigenvalue weighted by atomic mass is 79.9. The highest BCUT2D eigenvalue weighted by Gasteiger charge is 2.07. The molecular weight excluding hydrogens is 500 g/mol. The second-order valence-corrected chi connectivity index (χ2v) is 9.34. The molecule has 0 saturated heterocycles. The third-order valence-corrected chi connectivity index (χ3v) is 5.39. The predicted octanol–water partition coefficient (Wildman–Crippen LogP) is 7.02. The summed E-state index contributed by atoms with van der Waals surface area (Å²) in [6, 6.07) is 3.83. The van der Waals surface area contributed by atoms with E-state index in [0.29, 0.717) is 6.61 Å². The van der Waals surface area contributed by atoms with Gasteiger partial charge in [-0.15, -0.1) is 11.3 Å². The number of hydrogen-bond acceptors (Lipinski definition) is 6. The van der Waals surface area contributed by atoms with E-state index >= 15 is 0 Å². The molecule has 0 bridgehead atoms. The fraction of sp³-hybridized carbons (Fsp3) is 0.480. The molecule has 0 N–H and O–H groups in total. The van der Waals surface area contributed by atoms with Crippen LogP contribution in [0.3, 0.4) is 0 Å². The number of aromatic nitrogens is 1. The van der Waals surface area contributed by atoms with Gasteiger partial charge in [0.1, 0.15) is 4.83 Å². The number of halogens is 1. The van der Waals surface area contributed by atoms with Crippen molar-refractivity contribution in [3.8, 4) is 0 Å². The average Bonchev–Trinajstić information content (AvgIpc) is 3.22. The van der Waals surface area contributed by atoms with Gasteiger partial charge in [0, 0.05) is 58.3 Å². The molecule has 0 saturated carbocycles. The predicted molar refractivity (Wildman–Crippen MR) is 151 cm³/mol. The molecule has 2 heterocycles. The molecule has 8 heteroatoms. The van der Waals surface area contributed by atoms with Gasteiger partial charge >= 0.3 is 0 Å². The first-order valence-corrected chi connectivity index (χ1v) is 12.3. The lowest BCUT2D eigenvalue weighted by molar-refractivity contribution is 0.112. The molecule has 186 valence electrons. The first-order chi connectivity index (χ1) is 15.6. The fourth-order valence-electron chi connectivity index (χ4n) is 2.20. The number of aliphatic imine (C=N–C) groups is 1. The molecule has 0 unspecified atom stereocenters. The first kappa shape index (κ1) is 33.1. The topological polar surface area (TPSA) is 58.0 Å². The van der Waals surface area contributed by atoms with Crippen LogP contribution < -0.4 is 4.90 Å². The zero-order chi connectivity index (χ0) is 26.0. The zero-order valence-corrected chi connectivity index (χ0v) is 24.5. The minimum atomic E-state index is 0.692. The van der Waals surface area contributed by atoms with E-state index in [9.17, 15) is 4.79 Å². The SMILES string of the molecule is CC.CN(C)c1ccnc2sc(C=O)cc12.CN=CN(C)C(C)=C(C)C.COC/C=C(\C)Br. The van der Waals surface area contributed by atoms with Gasteiger partial charge in [-0.2, -0.15) is 0 Å². The summed E-state index contributed by atoms with van der Waals surface area (Å²) in [4.78, 5) is 24.4. The van der Waals surface area contributed by atoms with E-state index in [2.05, 4.69) is 46.7 Å². The summed E-state index contributed by atoms with van der Waals surface area (Å²) < 4.78 is 5.87. The number of thiophene rings is 1. The van der Waals surface area contributed by atoms with Crippen molar-refractivity contribution in [2.45, 2.75) is 41.5 Å². The van der Waals surface area contributed by atoms with E-state index in [1.165, 1.54) is 22.6 Å². The number of carbonyl (C=O) groups is 1. The van der Waals surface area contributed by atoms with Crippen LogP contribution in [0.5, 0.6) is 0 Å². The number of pyridine rings is 1. The highest BCUT2D eigenvalue weighted by Crippen LogP contribution is 2.29. The summed E-state index contributed by atoms with van der Waals surface area (Å²) in [5.41, 5.74) is 3.67. The van der Waals surface area contributed by atoms with Crippen molar-refractivity contribution >= 4 is 55.8 Å². The number of ether oxygens (including phenoxy) is 1. The fourth-order valence-corrected chi connectivity index (χ4v) is 3.17. The van der Waals surface area contributed by atoms with Gasteiger partial charge in [-0.05, 0) is 50.4 Å². The number of rotatable bonds is 6. The van der Waals surface area contributed by atoms with E-state index in [1.807, 2.05) is 76.3 Å². The van der Waals surface area contributed by atoms with Gasteiger partial charge in [0.15, 0.2) is 6.29 Å². The van der Waals surface area contributed by atoms with Crippen molar-refractivity contribution in [2.75, 3.05) is 46.8 Å². The van der Waals surface area contributed by atoms with Crippen LogP contribution in [-0.4, -0.2) is 64.4 Å². The van der Waals surface area contributed by atoms with Crippen molar-refractivity contribution in [3.05, 3.63) is 45.0 Å². The van der Waals surface area contributed by atoms with Crippen LogP contribution in [0.1, 0.15) is 51.2 Å². The number of fused-ring (bicyclic) bond motifs is 1. The van der Waals surface area contributed by atoms with Crippen LogP contribution in [0.15, 0.2) is 45.2 Å². The molecule has 0 aliphatic carbocycles. The van der Waals surface area contributed by atoms with Gasteiger partial charge in [0.25, 0.3) is 0 Å². The van der Waals surface area contributed by atoms with Crippen LogP contribution >= 0.6 is 27.3 Å². The molecule has 33 heavy (non-hydrogen) atoms. The van der Waals surface area contributed by atoms with Crippen LogP contribution in [0.25, 0.3) is 10.2 Å². The Balaban J connectivity index is 0. The zero-order valence-electron chi connectivity index (χ0n) is 22.1. The van der Waals surface area contributed by atoms with Crippen molar-refractivity contribution < 1.29 is 9.53 Å². The average molecular weight is 542 g/mol. The third-order valence-electron chi connectivity index (χ3n) is 4.10. The lowest BCUT2D eigenvalue weighted by Crippen LogP contribution is -2.13. The quantitative estimate of drug-likeness (QED) is 0.223. The van der Waals surface area contributed by atoms with E-state index in [1.54, 1.807) is 20.4 Å². The maximum Gasteiger partial charge on any atom is 0.160 e. The van der Waals surface area contributed by atoms with Crippen molar-refractivity contribution in [3.63, 3.8) is 0 Å². The maximum absolute atomic E-state index is 10.6. The molecular formula is C25H41BrN4O2S. The molecule has 0 amide bonds. The molecule has 0 aliphatic rings. The standard InChI is InChI=1S/C10H10N2OS.C8H16N2.C5H9BrO.C2H6/c1-12(2)9-3-4-11-10-8(9)5-7(6-13)14-10;1-7(2)8(3)10(5)6-9-4;1-5(6)3-4-7-2;1-2/h3-6H,1-2H3;6H,1-5H3;3H,4H2,1-2H3;1-2H3/b;;5-3+;. The number of methoxy groups -OCH3 is 1. The molecule has 0 radical (unpaired) electrons. The minimum absolute atomic E-state index is 0.692. The second kappa shape index (κ2) is 19.4. The Morgan fingerprint density at radius 3 is 2.21 bits per heavy atom. The molecule has 0 aromatic carbocycles. The van der Waals surface area contributed by atoms with E-state index < -0.39 is 0 Å². The molecule has 0 fully saturated rings. The summed E-state index contributed by atoms with van der Waals surface area (Å²) >= 11 is 4.68. The van der Waals surface area contributed by atoms with E-state index in [-0.39, 0.29) is 0 Å². The minimum Gasteiger partial charge on any atom is -0.381 e. The largest absolute Gasteiger partial charge is 0.381 e. The summed E-state index contributed by atoms with van der Waals surface area (Å²) in [6.45, 7) is 12.9. The third kappa shape index (κ3) is 14.0. The number of carbonyl (C=O) groups excluding carboxylic acids is 1. The molecule has 0 atom stereocenters. The summed E-state index contributed by atoms with van der Waals surface area (Å²) in [7, 11) is 9.40. The van der Waals surface area contributed by atoms with E-state index in [4.69, 9.17) is 4.74 Å². The van der Waals surface area contributed by atoms with Gasteiger partial charge in [0.05, 0.1) is 17.8 Å². The maximum atomic E-state index is 10.6. The van der Waals surface area contributed by atoms with E-state index in [0.717, 1.165) is 31.5 Å². The number of aldehydes is 1. The van der Waals surface area contributed by atoms with Gasteiger partial charge < -0.3 is 14.5 Å². The molecule has 0 spiro atoms. The summed E-state index contributed by atoms with van der Waals surface area (Å²) in [5.74, 6) is 0. The second-order valence-electron chi connectivity index (χ2n) is 7.03. The van der Waals surface area contributed by atoms with Gasteiger partial charge in [-0.25, -0.2) is 4.98 Å². The summed E-state index contributed by atoms with van der Waals surface area (Å²) in [6.07, 6.45) is 6.40. The van der Waals surface area contributed by atoms with Gasteiger partial charge in [0.2, 0.25) is 0 Å². The lowest BCUT2D eigenvalue weighted by Gasteiger charge is -2.14. The Hall–Kier alpha value is -2.03. The first-order valence-electron chi connectivity index (χ1n) is 10.7. The van der Waals surface area contributed by atoms with Gasteiger partial charge in [-0.1, -0.05) is 35.4 Å². The Bertz CT molecular complexity index is 897. The monoisotopic (exact) mass is 540 g/mol. The Morgan fingerprint density at radius 1 is 1.21 bits per heavy atom. The van der Waals surface area contributed by atoms with Crippen LogP contribution in [-0.2, 0) is 4.74 Å². The Morgan fingerprint density at radius 2 is 1.82 bits per heavy atom. The Labute approximate surface area is 213 Å². The Kier molecular flexibility index (Phi) is 19.5. The summed E-state index contributed by atoms with van der Waals surface area (Å²) in [5, 5.41) is 1.05. The molecule has 6 nitrogen and oxygen atoms in total. The number of anilines is 1.